The monoisotopic (exact) mass is 225 g/mol. The average molecular weight is 225 g/mol. The summed E-state index contributed by atoms with van der Waals surface area (Å²) in [5.74, 6) is -6.52. The molecule has 0 rings (SSSR count). The van der Waals surface area contributed by atoms with Gasteiger partial charge in [0.1, 0.15) is 13.7 Å². The Morgan fingerprint density at radius 2 is 1.71 bits per heavy atom. The summed E-state index contributed by atoms with van der Waals surface area (Å²) in [6, 6.07) is 0. The van der Waals surface area contributed by atoms with Gasteiger partial charge in [0, 0.05) is 18.0 Å². The van der Waals surface area contributed by atoms with Gasteiger partial charge in [-0.15, -0.1) is 0 Å². The lowest BCUT2D eigenvalue weighted by Crippen LogP contribution is -2.49. The van der Waals surface area contributed by atoms with Gasteiger partial charge in [0.2, 0.25) is 0 Å². The third-order valence-corrected chi connectivity index (χ3v) is 2.21. The van der Waals surface area contributed by atoms with E-state index in [0.29, 0.717) is 0 Å². The molecule has 1 unspecified atom stereocenters. The Balaban J connectivity index is 4.70. The topological polar surface area (TPSA) is 161 Å². The van der Waals surface area contributed by atoms with Crippen molar-refractivity contribution in [3.63, 3.8) is 0 Å². The Kier molecular flexibility index (Phi) is 4.21. The predicted octanol–water partition coefficient (Wildman–Crippen LogP) is -4.99. The minimum absolute atomic E-state index is 1.43. The van der Waals surface area contributed by atoms with E-state index in [0.717, 1.165) is 0 Å². The molecular weight excluding hydrogens is 219 g/mol. The lowest BCUT2D eigenvalue weighted by molar-refractivity contribution is -0.329. The molecule has 82 valence electrons. The van der Waals surface area contributed by atoms with Crippen LogP contribution in [-0.4, -0.2) is 34.2 Å². The van der Waals surface area contributed by atoms with E-state index in [1.165, 1.54) is 0 Å². The van der Waals surface area contributed by atoms with Gasteiger partial charge in [0.05, 0.1) is 5.97 Å². The summed E-state index contributed by atoms with van der Waals surface area (Å²) in [5.41, 5.74) is 0. The molecule has 0 aromatic carbocycles. The van der Waals surface area contributed by atoms with E-state index in [2.05, 4.69) is 0 Å². The number of aliphatic carboxylic acids is 2. The number of aliphatic hydroxyl groups excluding tert-OH is 1. The third-order valence-electron chi connectivity index (χ3n) is 1.35. The minimum Gasteiger partial charge on any atom is -0.779 e. The summed E-state index contributed by atoms with van der Waals surface area (Å²) in [6.45, 7) is 0. The summed E-state index contributed by atoms with van der Waals surface area (Å²) in [6.07, 6.45) is -3.97. The normalized spacial score (nSPS) is 19.4. The number of carbonyl (C=O) groups is 2. The Labute approximate surface area is 78.0 Å². The fraction of sp³-hybridized carbons (Fsp3) is 0.600. The Morgan fingerprint density at radius 3 is 1.93 bits per heavy atom. The van der Waals surface area contributed by atoms with E-state index in [1.54, 1.807) is 0 Å². The van der Waals surface area contributed by atoms with E-state index >= 15 is 0 Å². The van der Waals surface area contributed by atoms with Crippen LogP contribution >= 0.6 is 7.60 Å². The van der Waals surface area contributed by atoms with Crippen LogP contribution in [0.1, 0.15) is 0 Å². The van der Waals surface area contributed by atoms with Gasteiger partial charge < -0.3 is 39.3 Å². The molecule has 0 aliphatic rings. The second kappa shape index (κ2) is 4.52. The van der Waals surface area contributed by atoms with Crippen molar-refractivity contribution in [1.29, 1.82) is 0 Å². The van der Waals surface area contributed by atoms with E-state index in [1.807, 2.05) is 0 Å². The highest BCUT2D eigenvalue weighted by Crippen LogP contribution is 2.32. The first-order valence-corrected chi connectivity index (χ1v) is 5.04. The van der Waals surface area contributed by atoms with Gasteiger partial charge in [-0.2, -0.15) is 0 Å². The summed E-state index contributed by atoms with van der Waals surface area (Å²) >= 11 is 0. The number of rotatable bonds is 5. The van der Waals surface area contributed by atoms with Crippen molar-refractivity contribution in [3.05, 3.63) is 0 Å². The molecule has 2 N–H and O–H groups in total. The van der Waals surface area contributed by atoms with Crippen LogP contribution in [0.15, 0.2) is 0 Å². The first-order chi connectivity index (χ1) is 6.15. The molecule has 0 fully saturated rings. The number of hydrogen-bond donors (Lipinski definition) is 2. The highest BCUT2D eigenvalue weighted by Gasteiger charge is 2.25. The molecule has 0 bridgehead atoms. The first-order valence-electron chi connectivity index (χ1n) is 3.28. The molecule has 8 nitrogen and oxygen atoms in total. The minimum atomic E-state index is -4.99. The lowest BCUT2D eigenvalue weighted by Gasteiger charge is -2.28. The van der Waals surface area contributed by atoms with Gasteiger partial charge in [0.15, 0.2) is 0 Å². The molecule has 0 saturated heterocycles. The Bertz CT molecular complexity index is 279. The quantitative estimate of drug-likeness (QED) is 0.439. The highest BCUT2D eigenvalue weighted by molar-refractivity contribution is 7.50. The zero-order valence-corrected chi connectivity index (χ0v) is 7.55. The fourth-order valence-corrected chi connectivity index (χ4v) is 1.56. The average Bonchev–Trinajstić information content (AvgIpc) is 1.96. The molecule has 0 aromatic rings. The summed E-state index contributed by atoms with van der Waals surface area (Å²) in [5, 5.41) is 28.9. The van der Waals surface area contributed by atoms with Crippen LogP contribution in [-0.2, 0) is 14.2 Å². The van der Waals surface area contributed by atoms with Crippen LogP contribution < -0.4 is 15.1 Å². The molecule has 14 heavy (non-hydrogen) atoms. The number of aliphatic hydroxyl groups is 1. The summed E-state index contributed by atoms with van der Waals surface area (Å²) < 4.78 is 10.2. The number of carboxylic acids is 2. The van der Waals surface area contributed by atoms with Crippen LogP contribution in [0.4, 0.5) is 0 Å². The molecule has 0 aliphatic heterocycles. The molecule has 9 heteroatoms. The van der Waals surface area contributed by atoms with Crippen LogP contribution in [0.3, 0.4) is 0 Å². The summed E-state index contributed by atoms with van der Waals surface area (Å²) in [7, 11) is -4.99. The smallest absolute Gasteiger partial charge is 0.133 e. The van der Waals surface area contributed by atoms with Crippen molar-refractivity contribution in [1.82, 2.24) is 0 Å². The standard InChI is InChI=1S/C5H9O8P/c6-3(5(9)10)2(4(7)8)1-14(11,12)13/h2-3,6H,1H2,(H,7,8)(H,9,10)(H2,11,12,13)/p-3/t2-,3-/m0/s1. The molecular formula is C5H6O8P-3. The maximum Gasteiger partial charge on any atom is 0.133 e. The third kappa shape index (κ3) is 4.33. The van der Waals surface area contributed by atoms with Crippen molar-refractivity contribution in [3.8, 4) is 0 Å². The molecule has 0 radical (unpaired) electrons. The maximum absolute atomic E-state index is 10.2. The van der Waals surface area contributed by atoms with Crippen molar-refractivity contribution >= 4 is 19.5 Å². The largest absolute Gasteiger partial charge is 0.779 e. The maximum atomic E-state index is 10.2. The molecule has 0 aromatic heterocycles. The molecule has 3 atom stereocenters. The van der Waals surface area contributed by atoms with E-state index in [9.17, 15) is 29.3 Å². The van der Waals surface area contributed by atoms with Crippen LogP contribution in [0.2, 0.25) is 0 Å². The van der Waals surface area contributed by atoms with Crippen LogP contribution in [0.25, 0.3) is 0 Å². The van der Waals surface area contributed by atoms with Gasteiger partial charge in [-0.25, -0.2) is 0 Å². The first kappa shape index (κ1) is 13.1. The SMILES string of the molecule is O=C([O-])[C@@H](O)[C@H](CP(=O)([O-])O)C(=O)[O-]. The van der Waals surface area contributed by atoms with E-state index in [-0.39, 0.29) is 0 Å². The van der Waals surface area contributed by atoms with Gasteiger partial charge in [0.25, 0.3) is 0 Å². The van der Waals surface area contributed by atoms with Crippen molar-refractivity contribution in [2.24, 2.45) is 5.92 Å². The Hall–Kier alpha value is -0.950. The number of carbonyl (C=O) groups excluding carboxylic acids is 2. The van der Waals surface area contributed by atoms with Crippen molar-refractivity contribution < 1.29 is 39.3 Å². The van der Waals surface area contributed by atoms with E-state index in [4.69, 9.17) is 10.00 Å². The molecule has 0 spiro atoms. The second-order valence-corrected chi connectivity index (χ2v) is 4.15. The highest BCUT2D eigenvalue weighted by atomic mass is 31.2. The van der Waals surface area contributed by atoms with Crippen molar-refractivity contribution in [2.75, 3.05) is 6.16 Å². The lowest BCUT2D eigenvalue weighted by atomic mass is 10.1. The summed E-state index contributed by atoms with van der Waals surface area (Å²) in [4.78, 5) is 38.7. The zero-order valence-electron chi connectivity index (χ0n) is 6.65. The Morgan fingerprint density at radius 1 is 1.29 bits per heavy atom. The van der Waals surface area contributed by atoms with Gasteiger partial charge in [-0.3, -0.25) is 0 Å². The molecule has 0 amide bonds. The van der Waals surface area contributed by atoms with E-state index < -0.39 is 37.7 Å². The number of carboxylic acid groups (broad SMARTS) is 2. The number of hydrogen-bond acceptors (Lipinski definition) is 7. The van der Waals surface area contributed by atoms with Gasteiger partial charge in [-0.1, -0.05) is 0 Å². The predicted molar refractivity (Wildman–Crippen MR) is 34.2 cm³/mol. The van der Waals surface area contributed by atoms with Gasteiger partial charge >= 0.3 is 0 Å². The zero-order chi connectivity index (χ0) is 11.5. The van der Waals surface area contributed by atoms with Crippen molar-refractivity contribution in [2.45, 2.75) is 6.10 Å². The molecule has 0 heterocycles. The van der Waals surface area contributed by atoms with Crippen LogP contribution in [0, 0.1) is 5.92 Å². The fourth-order valence-electron chi connectivity index (χ4n) is 0.716. The molecule has 0 aliphatic carbocycles. The second-order valence-electron chi connectivity index (χ2n) is 2.51. The van der Waals surface area contributed by atoms with Gasteiger partial charge in [-0.05, 0) is 0 Å². The molecule has 0 saturated carbocycles. The van der Waals surface area contributed by atoms with Crippen LogP contribution in [0.5, 0.6) is 0 Å².